The molecule has 7 nitrogen and oxygen atoms in total. The SMILES string of the molecule is COc1cccc(N2C[C@H](C(=O)Nc3ccc4nc(C)oc4c3)CC2=O)c1. The molecule has 1 aliphatic heterocycles. The summed E-state index contributed by atoms with van der Waals surface area (Å²) in [4.78, 5) is 30.9. The van der Waals surface area contributed by atoms with Crippen molar-refractivity contribution in [3.05, 3.63) is 48.4 Å². The van der Waals surface area contributed by atoms with E-state index in [1.807, 2.05) is 18.2 Å². The summed E-state index contributed by atoms with van der Waals surface area (Å²) in [5, 5.41) is 2.87. The Morgan fingerprint density at radius 1 is 1.30 bits per heavy atom. The van der Waals surface area contributed by atoms with Crippen LogP contribution in [0.3, 0.4) is 0 Å². The van der Waals surface area contributed by atoms with Gasteiger partial charge in [0.05, 0.1) is 13.0 Å². The fourth-order valence-electron chi connectivity index (χ4n) is 3.27. The van der Waals surface area contributed by atoms with E-state index in [4.69, 9.17) is 9.15 Å². The average molecular weight is 365 g/mol. The van der Waals surface area contributed by atoms with Crippen LogP contribution in [-0.2, 0) is 9.59 Å². The van der Waals surface area contributed by atoms with Crippen LogP contribution in [0.4, 0.5) is 11.4 Å². The third kappa shape index (κ3) is 3.36. The minimum atomic E-state index is -0.420. The number of carbonyl (C=O) groups excluding carboxylic acids is 2. The third-order valence-electron chi connectivity index (χ3n) is 4.62. The molecule has 1 aromatic heterocycles. The molecule has 0 aliphatic carbocycles. The number of carbonyl (C=O) groups is 2. The summed E-state index contributed by atoms with van der Waals surface area (Å²) in [7, 11) is 1.58. The molecule has 1 aliphatic rings. The summed E-state index contributed by atoms with van der Waals surface area (Å²) >= 11 is 0. The van der Waals surface area contributed by atoms with Gasteiger partial charge in [-0.1, -0.05) is 6.07 Å². The maximum absolute atomic E-state index is 12.6. The number of hydrogen-bond donors (Lipinski definition) is 1. The molecule has 2 aromatic carbocycles. The van der Waals surface area contributed by atoms with E-state index in [2.05, 4.69) is 10.3 Å². The number of rotatable bonds is 4. The topological polar surface area (TPSA) is 84.7 Å². The van der Waals surface area contributed by atoms with Gasteiger partial charge in [-0.25, -0.2) is 4.98 Å². The second kappa shape index (κ2) is 6.75. The average Bonchev–Trinajstić information content (AvgIpc) is 3.23. The van der Waals surface area contributed by atoms with Crippen LogP contribution in [0.5, 0.6) is 5.75 Å². The standard InChI is InChI=1S/C20H19N3O4/c1-12-21-17-7-6-14(9-18(17)27-12)22-20(25)13-8-19(24)23(11-13)15-4-3-5-16(10-15)26-2/h3-7,9-10,13H,8,11H2,1-2H3,(H,22,25)/t13-/m1/s1. The van der Waals surface area contributed by atoms with Crippen LogP contribution >= 0.6 is 0 Å². The normalized spacial score (nSPS) is 16.7. The minimum Gasteiger partial charge on any atom is -0.497 e. The first-order chi connectivity index (χ1) is 13.0. The maximum atomic E-state index is 12.6. The molecule has 0 bridgehead atoms. The summed E-state index contributed by atoms with van der Waals surface area (Å²) in [6.45, 7) is 2.11. The number of anilines is 2. The minimum absolute atomic E-state index is 0.0790. The summed E-state index contributed by atoms with van der Waals surface area (Å²) in [6, 6.07) is 12.6. The molecule has 1 atom stereocenters. The summed E-state index contributed by atoms with van der Waals surface area (Å²) in [5.74, 6) is 0.553. The fraction of sp³-hybridized carbons (Fsp3) is 0.250. The van der Waals surface area contributed by atoms with Crippen molar-refractivity contribution < 1.29 is 18.7 Å². The molecule has 0 radical (unpaired) electrons. The highest BCUT2D eigenvalue weighted by atomic mass is 16.5. The second-order valence-electron chi connectivity index (χ2n) is 6.51. The number of fused-ring (bicyclic) bond motifs is 1. The molecule has 4 rings (SSSR count). The Hall–Kier alpha value is -3.35. The number of aromatic nitrogens is 1. The van der Waals surface area contributed by atoms with Crippen LogP contribution < -0.4 is 15.0 Å². The number of amides is 2. The lowest BCUT2D eigenvalue weighted by molar-refractivity contribution is -0.122. The van der Waals surface area contributed by atoms with Gasteiger partial charge in [0.2, 0.25) is 11.8 Å². The molecule has 0 unspecified atom stereocenters. The van der Waals surface area contributed by atoms with E-state index in [1.54, 1.807) is 43.2 Å². The quantitative estimate of drug-likeness (QED) is 0.768. The number of hydrogen-bond acceptors (Lipinski definition) is 5. The lowest BCUT2D eigenvalue weighted by Gasteiger charge is -2.17. The van der Waals surface area contributed by atoms with Gasteiger partial charge in [-0.3, -0.25) is 9.59 Å². The molecule has 1 N–H and O–H groups in total. The smallest absolute Gasteiger partial charge is 0.229 e. The summed E-state index contributed by atoms with van der Waals surface area (Å²) in [6.07, 6.45) is 0.173. The zero-order chi connectivity index (χ0) is 19.0. The maximum Gasteiger partial charge on any atom is 0.229 e. The Bertz CT molecular complexity index is 1030. The van der Waals surface area contributed by atoms with Gasteiger partial charge in [-0.2, -0.15) is 0 Å². The van der Waals surface area contributed by atoms with E-state index in [-0.39, 0.29) is 18.2 Å². The Morgan fingerprint density at radius 2 is 2.15 bits per heavy atom. The summed E-state index contributed by atoms with van der Waals surface area (Å²) < 4.78 is 10.7. The van der Waals surface area contributed by atoms with E-state index in [0.717, 1.165) is 11.2 Å². The molecular weight excluding hydrogens is 346 g/mol. The zero-order valence-electron chi connectivity index (χ0n) is 15.1. The first-order valence-electron chi connectivity index (χ1n) is 8.66. The van der Waals surface area contributed by atoms with Crippen molar-refractivity contribution in [3.8, 4) is 5.75 Å². The highest BCUT2D eigenvalue weighted by Crippen LogP contribution is 2.29. The number of ether oxygens (including phenoxy) is 1. The van der Waals surface area contributed by atoms with Crippen molar-refractivity contribution in [2.24, 2.45) is 5.92 Å². The van der Waals surface area contributed by atoms with Crippen LogP contribution in [0.15, 0.2) is 46.9 Å². The van der Waals surface area contributed by atoms with E-state index in [0.29, 0.717) is 29.5 Å². The predicted molar refractivity (Wildman–Crippen MR) is 101 cm³/mol. The largest absolute Gasteiger partial charge is 0.497 e. The number of aryl methyl sites for hydroxylation is 1. The van der Waals surface area contributed by atoms with Crippen LogP contribution in [0.1, 0.15) is 12.3 Å². The van der Waals surface area contributed by atoms with Crippen molar-refractivity contribution in [2.75, 3.05) is 23.9 Å². The molecule has 3 aromatic rings. The first kappa shape index (κ1) is 17.1. The van der Waals surface area contributed by atoms with Gasteiger partial charge >= 0.3 is 0 Å². The molecule has 1 fully saturated rings. The number of methoxy groups -OCH3 is 1. The number of oxazole rings is 1. The van der Waals surface area contributed by atoms with E-state index in [1.165, 1.54) is 0 Å². The highest BCUT2D eigenvalue weighted by molar-refractivity contribution is 6.04. The molecule has 2 amide bonds. The van der Waals surface area contributed by atoms with Crippen molar-refractivity contribution in [1.29, 1.82) is 0 Å². The van der Waals surface area contributed by atoms with Gasteiger partial charge in [0, 0.05) is 43.4 Å². The van der Waals surface area contributed by atoms with Crippen LogP contribution in [0.25, 0.3) is 11.1 Å². The first-order valence-corrected chi connectivity index (χ1v) is 8.66. The molecule has 2 heterocycles. The van der Waals surface area contributed by atoms with Gasteiger partial charge in [-0.15, -0.1) is 0 Å². The van der Waals surface area contributed by atoms with Crippen LogP contribution in [0, 0.1) is 12.8 Å². The number of nitrogens with zero attached hydrogens (tertiary/aromatic N) is 2. The predicted octanol–water partition coefficient (Wildman–Crippen LogP) is 3.14. The van der Waals surface area contributed by atoms with Gasteiger partial charge in [0.1, 0.15) is 11.3 Å². The molecule has 0 spiro atoms. The second-order valence-corrected chi connectivity index (χ2v) is 6.51. The van der Waals surface area contributed by atoms with Gasteiger partial charge in [-0.05, 0) is 24.3 Å². The van der Waals surface area contributed by atoms with Gasteiger partial charge in [0.15, 0.2) is 11.5 Å². The number of nitrogens with one attached hydrogen (secondary N) is 1. The Labute approximate surface area is 155 Å². The van der Waals surface area contributed by atoms with Crippen molar-refractivity contribution in [1.82, 2.24) is 4.98 Å². The third-order valence-corrected chi connectivity index (χ3v) is 4.62. The highest BCUT2D eigenvalue weighted by Gasteiger charge is 2.35. The monoisotopic (exact) mass is 365 g/mol. The van der Waals surface area contributed by atoms with E-state index in [9.17, 15) is 9.59 Å². The number of benzene rings is 2. The van der Waals surface area contributed by atoms with Gasteiger partial charge < -0.3 is 19.4 Å². The van der Waals surface area contributed by atoms with Crippen molar-refractivity contribution in [2.45, 2.75) is 13.3 Å². The molecule has 7 heteroatoms. The summed E-state index contributed by atoms with van der Waals surface area (Å²) in [5.41, 5.74) is 2.71. The fourth-order valence-corrected chi connectivity index (χ4v) is 3.27. The lowest BCUT2D eigenvalue weighted by atomic mass is 10.1. The van der Waals surface area contributed by atoms with Crippen LogP contribution in [-0.4, -0.2) is 30.5 Å². The van der Waals surface area contributed by atoms with Crippen molar-refractivity contribution in [3.63, 3.8) is 0 Å². The molecule has 1 saturated heterocycles. The Morgan fingerprint density at radius 3 is 2.96 bits per heavy atom. The van der Waals surface area contributed by atoms with E-state index >= 15 is 0 Å². The van der Waals surface area contributed by atoms with Crippen molar-refractivity contribution >= 4 is 34.3 Å². The molecule has 27 heavy (non-hydrogen) atoms. The zero-order valence-corrected chi connectivity index (χ0v) is 15.1. The van der Waals surface area contributed by atoms with Crippen LogP contribution in [0.2, 0.25) is 0 Å². The van der Waals surface area contributed by atoms with Gasteiger partial charge in [0.25, 0.3) is 0 Å². The Balaban J connectivity index is 1.48. The molecule has 138 valence electrons. The Kier molecular flexibility index (Phi) is 4.27. The van der Waals surface area contributed by atoms with E-state index < -0.39 is 5.92 Å². The molecule has 0 saturated carbocycles. The molecular formula is C20H19N3O4. The lowest BCUT2D eigenvalue weighted by Crippen LogP contribution is -2.28.